The molecule has 0 aliphatic carbocycles. The fourth-order valence-corrected chi connectivity index (χ4v) is 1.88. The molecule has 2 rings (SSSR count). The van der Waals surface area contributed by atoms with Gasteiger partial charge in [0.1, 0.15) is 12.3 Å². The summed E-state index contributed by atoms with van der Waals surface area (Å²) in [6, 6.07) is 0. The molecule has 2 heterocycles. The van der Waals surface area contributed by atoms with Crippen molar-refractivity contribution in [3.8, 4) is 5.88 Å². The lowest BCUT2D eigenvalue weighted by atomic mass is 10.4. The van der Waals surface area contributed by atoms with Gasteiger partial charge in [-0.15, -0.1) is 0 Å². The molecule has 1 aliphatic heterocycles. The summed E-state index contributed by atoms with van der Waals surface area (Å²) in [4.78, 5) is 10.4. The summed E-state index contributed by atoms with van der Waals surface area (Å²) in [5.74, 6) is 0.311. The fraction of sp³-hybridized carbons (Fsp3) is 0.545. The highest BCUT2D eigenvalue weighted by atomic mass is 16.5. The van der Waals surface area contributed by atoms with E-state index < -0.39 is 0 Å². The maximum Gasteiger partial charge on any atom is 0.233 e. The van der Waals surface area contributed by atoms with Crippen molar-refractivity contribution in [2.45, 2.75) is 12.8 Å². The van der Waals surface area contributed by atoms with Crippen molar-refractivity contribution in [2.24, 2.45) is 10.9 Å². The summed E-state index contributed by atoms with van der Waals surface area (Å²) in [6.45, 7) is 3.72. The number of oxime groups is 1. The van der Waals surface area contributed by atoms with Crippen LogP contribution in [0, 0.1) is 0 Å². The quantitative estimate of drug-likeness (QED) is 0.332. The summed E-state index contributed by atoms with van der Waals surface area (Å²) in [6.07, 6.45) is 5.46. The van der Waals surface area contributed by atoms with Gasteiger partial charge in [0.25, 0.3) is 0 Å². The zero-order valence-electron chi connectivity index (χ0n) is 10.1. The zero-order valence-corrected chi connectivity index (χ0v) is 10.1. The molecule has 0 bridgehead atoms. The standard InChI is InChI=1S/C11H17N5O2/c12-11(15-17)9-7-13-8-10(14-9)18-6-5-16-3-1-2-4-16/h7-8,17H,1-6H2,(H2,12,15). The number of amidine groups is 1. The summed E-state index contributed by atoms with van der Waals surface area (Å²) in [5, 5.41) is 11.4. The van der Waals surface area contributed by atoms with E-state index in [9.17, 15) is 0 Å². The van der Waals surface area contributed by atoms with Crippen LogP contribution in [-0.2, 0) is 0 Å². The number of rotatable bonds is 5. The highest BCUT2D eigenvalue weighted by molar-refractivity contribution is 5.94. The van der Waals surface area contributed by atoms with Crippen LogP contribution in [-0.4, -0.2) is 52.2 Å². The van der Waals surface area contributed by atoms with Crippen molar-refractivity contribution < 1.29 is 9.94 Å². The molecule has 0 unspecified atom stereocenters. The molecule has 7 heteroatoms. The van der Waals surface area contributed by atoms with Gasteiger partial charge >= 0.3 is 0 Å². The van der Waals surface area contributed by atoms with Crippen LogP contribution in [0.2, 0.25) is 0 Å². The van der Waals surface area contributed by atoms with Gasteiger partial charge in [0, 0.05) is 6.54 Å². The van der Waals surface area contributed by atoms with E-state index in [4.69, 9.17) is 15.7 Å². The first-order chi connectivity index (χ1) is 8.79. The third-order valence-corrected chi connectivity index (χ3v) is 2.84. The maximum absolute atomic E-state index is 8.55. The van der Waals surface area contributed by atoms with Crippen LogP contribution in [0.5, 0.6) is 5.88 Å². The number of hydrogen-bond acceptors (Lipinski definition) is 6. The third-order valence-electron chi connectivity index (χ3n) is 2.84. The Morgan fingerprint density at radius 2 is 2.22 bits per heavy atom. The summed E-state index contributed by atoms with van der Waals surface area (Å²) < 4.78 is 5.50. The first-order valence-corrected chi connectivity index (χ1v) is 5.94. The van der Waals surface area contributed by atoms with Gasteiger partial charge in [0.05, 0.1) is 12.4 Å². The minimum atomic E-state index is -0.0764. The van der Waals surface area contributed by atoms with Gasteiger partial charge < -0.3 is 15.7 Å². The molecule has 3 N–H and O–H groups in total. The molecule has 0 saturated carbocycles. The number of likely N-dealkylation sites (tertiary alicyclic amines) is 1. The Balaban J connectivity index is 1.85. The molecule has 1 aromatic rings. The Labute approximate surface area is 105 Å². The zero-order chi connectivity index (χ0) is 12.8. The SMILES string of the molecule is N/C(=N\O)c1cncc(OCCN2CCCC2)n1. The molecule has 0 amide bonds. The van der Waals surface area contributed by atoms with Gasteiger partial charge in [-0.25, -0.2) is 4.98 Å². The maximum atomic E-state index is 8.55. The van der Waals surface area contributed by atoms with Gasteiger partial charge in [-0.3, -0.25) is 9.88 Å². The first-order valence-electron chi connectivity index (χ1n) is 5.94. The molecule has 1 aliphatic rings. The molecular weight excluding hydrogens is 234 g/mol. The lowest BCUT2D eigenvalue weighted by Crippen LogP contribution is -2.25. The predicted molar refractivity (Wildman–Crippen MR) is 65.7 cm³/mol. The number of nitrogens with two attached hydrogens (primary N) is 1. The molecule has 0 aromatic carbocycles. The minimum absolute atomic E-state index is 0.0764. The Kier molecular flexibility index (Phi) is 4.30. The van der Waals surface area contributed by atoms with E-state index >= 15 is 0 Å². The van der Waals surface area contributed by atoms with Gasteiger partial charge in [-0.2, -0.15) is 0 Å². The van der Waals surface area contributed by atoms with Crippen molar-refractivity contribution in [3.63, 3.8) is 0 Å². The normalized spacial score (nSPS) is 17.0. The van der Waals surface area contributed by atoms with Gasteiger partial charge in [-0.1, -0.05) is 5.16 Å². The van der Waals surface area contributed by atoms with Crippen LogP contribution < -0.4 is 10.5 Å². The van der Waals surface area contributed by atoms with Crippen LogP contribution >= 0.6 is 0 Å². The number of ether oxygens (including phenoxy) is 1. The van der Waals surface area contributed by atoms with Crippen molar-refractivity contribution >= 4 is 5.84 Å². The topological polar surface area (TPSA) is 96.9 Å². The van der Waals surface area contributed by atoms with Crippen molar-refractivity contribution in [1.82, 2.24) is 14.9 Å². The molecule has 18 heavy (non-hydrogen) atoms. The second-order valence-corrected chi connectivity index (χ2v) is 4.13. The molecule has 1 aromatic heterocycles. The lowest BCUT2D eigenvalue weighted by Gasteiger charge is -2.14. The minimum Gasteiger partial charge on any atom is -0.475 e. The summed E-state index contributed by atoms with van der Waals surface area (Å²) in [5.41, 5.74) is 5.73. The second kappa shape index (κ2) is 6.15. The van der Waals surface area contributed by atoms with E-state index in [0.717, 1.165) is 19.6 Å². The fourth-order valence-electron chi connectivity index (χ4n) is 1.88. The molecular formula is C11H17N5O2. The van der Waals surface area contributed by atoms with Gasteiger partial charge in [0.2, 0.25) is 5.88 Å². The lowest BCUT2D eigenvalue weighted by molar-refractivity contribution is 0.231. The smallest absolute Gasteiger partial charge is 0.233 e. The number of hydrogen-bond donors (Lipinski definition) is 2. The molecule has 7 nitrogen and oxygen atoms in total. The summed E-state index contributed by atoms with van der Waals surface area (Å²) >= 11 is 0. The average molecular weight is 251 g/mol. The van der Waals surface area contributed by atoms with Crippen molar-refractivity contribution in [3.05, 3.63) is 18.1 Å². The molecule has 1 fully saturated rings. The van der Waals surface area contributed by atoms with Crippen LogP contribution in [0.1, 0.15) is 18.5 Å². The number of nitrogens with zero attached hydrogens (tertiary/aromatic N) is 4. The molecule has 98 valence electrons. The van der Waals surface area contributed by atoms with Crippen molar-refractivity contribution in [2.75, 3.05) is 26.2 Å². The summed E-state index contributed by atoms with van der Waals surface area (Å²) in [7, 11) is 0. The van der Waals surface area contributed by atoms with Gasteiger partial charge in [-0.05, 0) is 25.9 Å². The van der Waals surface area contributed by atoms with E-state index in [0.29, 0.717) is 18.2 Å². The monoisotopic (exact) mass is 251 g/mol. The Hall–Kier alpha value is -1.89. The van der Waals surface area contributed by atoms with Crippen LogP contribution in [0.25, 0.3) is 0 Å². The van der Waals surface area contributed by atoms with E-state index in [1.54, 1.807) is 0 Å². The Morgan fingerprint density at radius 1 is 1.44 bits per heavy atom. The largest absolute Gasteiger partial charge is 0.475 e. The second-order valence-electron chi connectivity index (χ2n) is 4.13. The third kappa shape index (κ3) is 3.30. The highest BCUT2D eigenvalue weighted by Crippen LogP contribution is 2.08. The van der Waals surface area contributed by atoms with Crippen LogP contribution in [0.4, 0.5) is 0 Å². The van der Waals surface area contributed by atoms with E-state index in [1.165, 1.54) is 25.2 Å². The van der Waals surface area contributed by atoms with E-state index in [1.807, 2.05) is 0 Å². The Bertz CT molecular complexity index is 418. The van der Waals surface area contributed by atoms with Crippen LogP contribution in [0.15, 0.2) is 17.5 Å². The van der Waals surface area contributed by atoms with E-state index in [2.05, 4.69) is 20.0 Å². The van der Waals surface area contributed by atoms with Crippen molar-refractivity contribution in [1.29, 1.82) is 0 Å². The molecule has 1 saturated heterocycles. The first kappa shape index (κ1) is 12.6. The van der Waals surface area contributed by atoms with Gasteiger partial charge in [0.15, 0.2) is 5.84 Å². The van der Waals surface area contributed by atoms with Crippen LogP contribution in [0.3, 0.4) is 0 Å². The highest BCUT2D eigenvalue weighted by Gasteiger charge is 2.11. The molecule has 0 spiro atoms. The van der Waals surface area contributed by atoms with E-state index in [-0.39, 0.29) is 5.84 Å². The number of aromatic nitrogens is 2. The molecule has 0 radical (unpaired) electrons. The predicted octanol–water partition coefficient (Wildman–Crippen LogP) is 0.0457. The molecule has 0 atom stereocenters. The average Bonchev–Trinajstić information content (AvgIpc) is 2.91. The Morgan fingerprint density at radius 3 is 2.94 bits per heavy atom.